The molecule has 0 fully saturated rings. The second-order valence-electron chi connectivity index (χ2n) is 2.96. The highest BCUT2D eigenvalue weighted by atomic mass is 16.6. The maximum atomic E-state index is 11.3. The van der Waals surface area contributed by atoms with Crippen LogP contribution in [-0.4, -0.2) is 23.0 Å². The molecule has 0 amide bonds. The van der Waals surface area contributed by atoms with Gasteiger partial charge in [-0.05, 0) is 18.6 Å². The molecule has 1 rings (SSSR count). The molecule has 1 aromatic heterocycles. The third-order valence-electron chi connectivity index (χ3n) is 1.83. The van der Waals surface area contributed by atoms with Crippen molar-refractivity contribution in [3.8, 4) is 0 Å². The molecule has 15 heavy (non-hydrogen) atoms. The van der Waals surface area contributed by atoms with E-state index in [2.05, 4.69) is 9.72 Å². The first-order valence-electron chi connectivity index (χ1n) is 4.56. The number of carbonyl (C=O) groups excluding carboxylic acids is 2. The molecule has 0 aliphatic rings. The first kappa shape index (κ1) is 11.3. The van der Waals surface area contributed by atoms with E-state index in [-0.39, 0.29) is 5.56 Å². The van der Waals surface area contributed by atoms with Gasteiger partial charge in [0.1, 0.15) is 6.04 Å². The zero-order valence-corrected chi connectivity index (χ0v) is 8.34. The summed E-state index contributed by atoms with van der Waals surface area (Å²) in [6, 6.07) is 2.34. The summed E-state index contributed by atoms with van der Waals surface area (Å²) >= 11 is 0. The third-order valence-corrected chi connectivity index (χ3v) is 1.83. The van der Waals surface area contributed by atoms with E-state index in [0.29, 0.717) is 6.42 Å². The highest BCUT2D eigenvalue weighted by Gasteiger charge is 2.18. The van der Waals surface area contributed by atoms with Gasteiger partial charge in [-0.15, -0.1) is 0 Å². The first-order chi connectivity index (χ1) is 7.15. The Morgan fingerprint density at radius 2 is 2.33 bits per heavy atom. The first-order valence-corrected chi connectivity index (χ1v) is 4.56. The average molecular weight is 208 g/mol. The van der Waals surface area contributed by atoms with Crippen LogP contribution in [0.1, 0.15) is 23.7 Å². The van der Waals surface area contributed by atoms with Crippen LogP contribution in [0, 0.1) is 0 Å². The smallest absolute Gasteiger partial charge is 0.347 e. The number of aromatic nitrogens is 1. The molecule has 0 radical (unpaired) electrons. The summed E-state index contributed by atoms with van der Waals surface area (Å²) in [6.07, 6.45) is 3.28. The van der Waals surface area contributed by atoms with Gasteiger partial charge in [0, 0.05) is 12.4 Å². The van der Waals surface area contributed by atoms with Crippen molar-refractivity contribution in [3.05, 3.63) is 30.1 Å². The molecule has 1 atom stereocenters. The molecule has 80 valence electrons. The van der Waals surface area contributed by atoms with Crippen LogP contribution in [-0.2, 0) is 9.53 Å². The Balaban J connectivity index is 2.61. The molecule has 5 heteroatoms. The number of hydrogen-bond donors (Lipinski definition) is 1. The van der Waals surface area contributed by atoms with Crippen LogP contribution in [0.3, 0.4) is 0 Å². The SMILES string of the molecule is CCC(N)C(=O)OC(=O)c1cccnc1. The molecule has 2 N–H and O–H groups in total. The number of nitrogens with zero attached hydrogens (tertiary/aromatic N) is 1. The number of hydrogen-bond acceptors (Lipinski definition) is 5. The highest BCUT2D eigenvalue weighted by Crippen LogP contribution is 2.00. The number of carbonyl (C=O) groups is 2. The second-order valence-corrected chi connectivity index (χ2v) is 2.96. The van der Waals surface area contributed by atoms with Gasteiger partial charge in [-0.1, -0.05) is 6.92 Å². The fraction of sp³-hybridized carbons (Fsp3) is 0.300. The zero-order valence-electron chi connectivity index (χ0n) is 8.34. The van der Waals surface area contributed by atoms with E-state index in [0.717, 1.165) is 0 Å². The van der Waals surface area contributed by atoms with E-state index in [1.807, 2.05) is 0 Å². The zero-order chi connectivity index (χ0) is 11.3. The van der Waals surface area contributed by atoms with Crippen LogP contribution in [0.15, 0.2) is 24.5 Å². The van der Waals surface area contributed by atoms with E-state index in [1.165, 1.54) is 18.5 Å². The minimum Gasteiger partial charge on any atom is -0.388 e. The topological polar surface area (TPSA) is 82.3 Å². The second kappa shape index (κ2) is 5.21. The highest BCUT2D eigenvalue weighted by molar-refractivity contribution is 5.97. The van der Waals surface area contributed by atoms with Crippen LogP contribution >= 0.6 is 0 Å². The number of nitrogens with two attached hydrogens (primary N) is 1. The number of ether oxygens (including phenoxy) is 1. The van der Waals surface area contributed by atoms with Crippen molar-refractivity contribution in [3.63, 3.8) is 0 Å². The molecular weight excluding hydrogens is 196 g/mol. The maximum absolute atomic E-state index is 11.3. The third kappa shape index (κ3) is 3.14. The quantitative estimate of drug-likeness (QED) is 0.577. The van der Waals surface area contributed by atoms with Crippen LogP contribution in [0.5, 0.6) is 0 Å². The van der Waals surface area contributed by atoms with Gasteiger partial charge in [0.25, 0.3) is 0 Å². The molecule has 0 saturated carbocycles. The Bertz CT molecular complexity index is 351. The van der Waals surface area contributed by atoms with Gasteiger partial charge in [0.05, 0.1) is 5.56 Å². The van der Waals surface area contributed by atoms with Gasteiger partial charge in [0.15, 0.2) is 0 Å². The number of pyridine rings is 1. The standard InChI is InChI=1S/C10H12N2O3/c1-2-8(11)10(14)15-9(13)7-4-3-5-12-6-7/h3-6,8H,2,11H2,1H3. The van der Waals surface area contributed by atoms with Crippen molar-refractivity contribution in [1.29, 1.82) is 0 Å². The van der Waals surface area contributed by atoms with Crippen LogP contribution in [0.2, 0.25) is 0 Å². The summed E-state index contributed by atoms with van der Waals surface area (Å²) < 4.78 is 4.55. The predicted octanol–water partition coefficient (Wildman–Crippen LogP) is 0.502. The summed E-state index contributed by atoms with van der Waals surface area (Å²) in [5.41, 5.74) is 5.63. The summed E-state index contributed by atoms with van der Waals surface area (Å²) in [5, 5.41) is 0. The van der Waals surface area contributed by atoms with E-state index >= 15 is 0 Å². The molecule has 0 bridgehead atoms. The lowest BCUT2D eigenvalue weighted by Gasteiger charge is -2.06. The van der Waals surface area contributed by atoms with Gasteiger partial charge >= 0.3 is 11.9 Å². The van der Waals surface area contributed by atoms with Crippen molar-refractivity contribution in [2.24, 2.45) is 5.73 Å². The molecule has 0 saturated heterocycles. The summed E-state index contributed by atoms with van der Waals surface area (Å²) in [7, 11) is 0. The minimum atomic E-state index is -0.759. The van der Waals surface area contributed by atoms with E-state index in [1.54, 1.807) is 13.0 Å². The molecule has 5 nitrogen and oxygen atoms in total. The Morgan fingerprint density at radius 3 is 2.87 bits per heavy atom. The minimum absolute atomic E-state index is 0.231. The molecule has 0 aromatic carbocycles. The molecule has 1 aromatic rings. The van der Waals surface area contributed by atoms with Crippen molar-refractivity contribution in [2.45, 2.75) is 19.4 Å². The summed E-state index contributed by atoms with van der Waals surface area (Å²) in [4.78, 5) is 26.2. The van der Waals surface area contributed by atoms with Gasteiger partial charge in [0.2, 0.25) is 0 Å². The molecule has 0 spiro atoms. The van der Waals surface area contributed by atoms with Crippen molar-refractivity contribution < 1.29 is 14.3 Å². The van der Waals surface area contributed by atoms with Gasteiger partial charge in [-0.3, -0.25) is 4.98 Å². The molecular formula is C10H12N2O3. The summed E-state index contributed by atoms with van der Waals surface area (Å²) in [5.74, 6) is -1.44. The van der Waals surface area contributed by atoms with Crippen molar-refractivity contribution >= 4 is 11.9 Å². The van der Waals surface area contributed by atoms with Crippen LogP contribution < -0.4 is 5.73 Å². The Labute approximate surface area is 87.3 Å². The average Bonchev–Trinajstić information content (AvgIpc) is 2.29. The monoisotopic (exact) mass is 208 g/mol. The lowest BCUT2D eigenvalue weighted by atomic mass is 10.2. The van der Waals surface area contributed by atoms with E-state index in [4.69, 9.17) is 5.73 Å². The maximum Gasteiger partial charge on any atom is 0.347 e. The number of rotatable bonds is 3. The molecule has 1 heterocycles. The lowest BCUT2D eigenvalue weighted by Crippen LogP contribution is -2.33. The van der Waals surface area contributed by atoms with Gasteiger partial charge < -0.3 is 10.5 Å². The normalized spacial score (nSPS) is 11.9. The number of esters is 2. The molecule has 0 aliphatic heterocycles. The Hall–Kier alpha value is -1.75. The molecule has 1 unspecified atom stereocenters. The summed E-state index contributed by atoms with van der Waals surface area (Å²) in [6.45, 7) is 1.74. The van der Waals surface area contributed by atoms with Crippen LogP contribution in [0.25, 0.3) is 0 Å². The lowest BCUT2D eigenvalue weighted by molar-refractivity contribution is -0.139. The molecule has 0 aliphatic carbocycles. The Kier molecular flexibility index (Phi) is 3.93. The van der Waals surface area contributed by atoms with E-state index in [9.17, 15) is 9.59 Å². The van der Waals surface area contributed by atoms with Crippen molar-refractivity contribution in [1.82, 2.24) is 4.98 Å². The fourth-order valence-corrected chi connectivity index (χ4v) is 0.876. The van der Waals surface area contributed by atoms with Crippen LogP contribution in [0.4, 0.5) is 0 Å². The van der Waals surface area contributed by atoms with Crippen molar-refractivity contribution in [2.75, 3.05) is 0 Å². The van der Waals surface area contributed by atoms with Gasteiger partial charge in [-0.25, -0.2) is 9.59 Å². The fourth-order valence-electron chi connectivity index (χ4n) is 0.876. The predicted molar refractivity (Wildman–Crippen MR) is 52.9 cm³/mol. The largest absolute Gasteiger partial charge is 0.388 e. The van der Waals surface area contributed by atoms with E-state index < -0.39 is 18.0 Å². The Morgan fingerprint density at radius 1 is 1.60 bits per heavy atom. The van der Waals surface area contributed by atoms with Gasteiger partial charge in [-0.2, -0.15) is 0 Å².